The fourth-order valence-corrected chi connectivity index (χ4v) is 3.82. The third kappa shape index (κ3) is 3.80. The monoisotopic (exact) mass is 332 g/mol. The van der Waals surface area contributed by atoms with Gasteiger partial charge in [0.1, 0.15) is 0 Å². The highest BCUT2D eigenvalue weighted by molar-refractivity contribution is 5.75. The summed E-state index contributed by atoms with van der Waals surface area (Å²) in [5.74, 6) is 0. The van der Waals surface area contributed by atoms with Gasteiger partial charge in [0.05, 0.1) is 6.54 Å². The molecule has 6 heteroatoms. The number of urea groups is 1. The highest BCUT2D eigenvalue weighted by Gasteiger charge is 2.33. The molecule has 0 aromatic carbocycles. The topological polar surface area (TPSA) is 53.7 Å². The molecular formula is C18H28N4O2. The lowest BCUT2D eigenvalue weighted by molar-refractivity contribution is -0.605. The van der Waals surface area contributed by atoms with Crippen molar-refractivity contribution < 1.29 is 9.52 Å². The summed E-state index contributed by atoms with van der Waals surface area (Å²) >= 11 is 0. The number of hydrogen-bond acceptors (Lipinski definition) is 3. The van der Waals surface area contributed by atoms with Gasteiger partial charge in [0.2, 0.25) is 0 Å². The molecule has 24 heavy (non-hydrogen) atoms. The predicted molar refractivity (Wildman–Crippen MR) is 92.3 cm³/mol. The van der Waals surface area contributed by atoms with Crippen LogP contribution in [-0.4, -0.2) is 59.0 Å². The fraction of sp³-hybridized carbons (Fsp3) is 0.667. The third-order valence-corrected chi connectivity index (χ3v) is 5.22. The summed E-state index contributed by atoms with van der Waals surface area (Å²) in [5.41, 5.74) is 0.886. The molecule has 1 aromatic heterocycles. The molecule has 0 saturated carbocycles. The smallest absolute Gasteiger partial charge is 0.320 e. The number of rotatable bonds is 4. The second-order valence-corrected chi connectivity index (χ2v) is 7.18. The maximum Gasteiger partial charge on any atom is 0.320 e. The van der Waals surface area contributed by atoms with E-state index in [1.54, 1.807) is 12.3 Å². The lowest BCUT2D eigenvalue weighted by atomic mass is 10.0. The molecule has 3 rings (SSSR count). The van der Waals surface area contributed by atoms with E-state index in [0.29, 0.717) is 18.6 Å². The summed E-state index contributed by atoms with van der Waals surface area (Å²) in [6, 6.07) is 4.70. The van der Waals surface area contributed by atoms with Crippen molar-refractivity contribution in [1.82, 2.24) is 14.7 Å². The number of pyridine rings is 1. The second kappa shape index (κ2) is 7.38. The number of likely N-dealkylation sites (tertiary alicyclic amines) is 1. The molecule has 0 spiro atoms. The van der Waals surface area contributed by atoms with E-state index in [9.17, 15) is 10.0 Å². The van der Waals surface area contributed by atoms with Gasteiger partial charge in [-0.05, 0) is 39.2 Å². The van der Waals surface area contributed by atoms with Crippen LogP contribution in [0.25, 0.3) is 0 Å². The molecule has 0 unspecified atom stereocenters. The first-order valence-corrected chi connectivity index (χ1v) is 9.02. The number of piperidine rings is 1. The van der Waals surface area contributed by atoms with E-state index < -0.39 is 0 Å². The lowest BCUT2D eigenvalue weighted by Gasteiger charge is -2.44. The van der Waals surface area contributed by atoms with E-state index in [1.165, 1.54) is 6.20 Å². The molecule has 1 aromatic rings. The summed E-state index contributed by atoms with van der Waals surface area (Å²) in [6.07, 6.45) is 6.14. The summed E-state index contributed by atoms with van der Waals surface area (Å²) in [5, 5.41) is 11.4. The molecule has 2 saturated heterocycles. The standard InChI is InChI=1S/C18H28N4O2/c1-15(2)19-11-6-17(7-12-19)22-10-4-8-20(18(22)23)13-16-5-3-9-21(24)14-16/h3,5,9,14-15,17H,4,6-8,10-13H2,1-2H3. The van der Waals surface area contributed by atoms with Crippen LogP contribution in [0.3, 0.4) is 0 Å². The fourth-order valence-electron chi connectivity index (χ4n) is 3.82. The predicted octanol–water partition coefficient (Wildman–Crippen LogP) is 1.82. The van der Waals surface area contributed by atoms with Crippen LogP contribution in [0, 0.1) is 5.21 Å². The van der Waals surface area contributed by atoms with E-state index in [4.69, 9.17) is 0 Å². The zero-order valence-corrected chi connectivity index (χ0v) is 14.7. The van der Waals surface area contributed by atoms with Gasteiger partial charge in [-0.15, -0.1) is 0 Å². The molecular weight excluding hydrogens is 304 g/mol. The van der Waals surface area contributed by atoms with Crippen LogP contribution in [-0.2, 0) is 6.54 Å². The number of carbonyl (C=O) groups is 1. The van der Waals surface area contributed by atoms with Gasteiger partial charge in [-0.1, -0.05) is 0 Å². The minimum Gasteiger partial charge on any atom is -0.619 e. The Hall–Kier alpha value is -1.82. The summed E-state index contributed by atoms with van der Waals surface area (Å²) in [7, 11) is 0. The van der Waals surface area contributed by atoms with E-state index in [1.807, 2.05) is 11.0 Å². The second-order valence-electron chi connectivity index (χ2n) is 7.18. The van der Waals surface area contributed by atoms with Crippen LogP contribution >= 0.6 is 0 Å². The van der Waals surface area contributed by atoms with Crippen molar-refractivity contribution in [3.05, 3.63) is 35.3 Å². The zero-order valence-electron chi connectivity index (χ0n) is 14.7. The molecule has 0 bridgehead atoms. The number of aromatic nitrogens is 1. The van der Waals surface area contributed by atoms with Crippen LogP contribution in [0.1, 0.15) is 38.7 Å². The molecule has 0 atom stereocenters. The van der Waals surface area contributed by atoms with Gasteiger partial charge in [0.25, 0.3) is 0 Å². The van der Waals surface area contributed by atoms with Gasteiger partial charge in [-0.25, -0.2) is 4.79 Å². The Labute approximate surface area is 144 Å². The van der Waals surface area contributed by atoms with Crippen LogP contribution in [0.4, 0.5) is 4.79 Å². The van der Waals surface area contributed by atoms with Gasteiger partial charge >= 0.3 is 6.03 Å². The Morgan fingerprint density at radius 3 is 2.67 bits per heavy atom. The van der Waals surface area contributed by atoms with Gasteiger partial charge in [0.15, 0.2) is 12.4 Å². The van der Waals surface area contributed by atoms with Gasteiger partial charge < -0.3 is 19.9 Å². The Kier molecular flexibility index (Phi) is 5.23. The average Bonchev–Trinajstić information content (AvgIpc) is 2.57. The quantitative estimate of drug-likeness (QED) is 0.624. The molecule has 2 amide bonds. The molecule has 6 nitrogen and oxygen atoms in total. The molecule has 0 aliphatic carbocycles. The van der Waals surface area contributed by atoms with Crippen molar-refractivity contribution in [1.29, 1.82) is 0 Å². The Morgan fingerprint density at radius 2 is 2.00 bits per heavy atom. The van der Waals surface area contributed by atoms with Crippen molar-refractivity contribution in [2.45, 2.75) is 51.7 Å². The number of hydrogen-bond donors (Lipinski definition) is 0. The third-order valence-electron chi connectivity index (χ3n) is 5.22. The average molecular weight is 332 g/mol. The summed E-state index contributed by atoms with van der Waals surface area (Å²) in [6.45, 7) is 8.75. The highest BCUT2D eigenvalue weighted by atomic mass is 16.5. The summed E-state index contributed by atoms with van der Waals surface area (Å²) < 4.78 is 0.795. The maximum absolute atomic E-state index is 12.9. The van der Waals surface area contributed by atoms with E-state index in [2.05, 4.69) is 23.6 Å². The molecule has 3 heterocycles. The number of nitrogens with zero attached hydrogens (tertiary/aromatic N) is 4. The molecule has 0 radical (unpaired) electrons. The first-order valence-electron chi connectivity index (χ1n) is 9.02. The van der Waals surface area contributed by atoms with Crippen molar-refractivity contribution in [2.24, 2.45) is 0 Å². The summed E-state index contributed by atoms with van der Waals surface area (Å²) in [4.78, 5) is 19.3. The number of carbonyl (C=O) groups excluding carboxylic acids is 1. The molecule has 132 valence electrons. The van der Waals surface area contributed by atoms with Crippen molar-refractivity contribution in [3.8, 4) is 0 Å². The van der Waals surface area contributed by atoms with Gasteiger partial charge in [-0.3, -0.25) is 0 Å². The van der Waals surface area contributed by atoms with Gasteiger partial charge in [-0.2, -0.15) is 4.73 Å². The van der Waals surface area contributed by atoms with Crippen LogP contribution < -0.4 is 4.73 Å². The largest absolute Gasteiger partial charge is 0.619 e. The van der Waals surface area contributed by atoms with Crippen molar-refractivity contribution >= 4 is 6.03 Å². The molecule has 2 aliphatic rings. The zero-order chi connectivity index (χ0) is 17.1. The van der Waals surface area contributed by atoms with E-state index in [0.717, 1.165) is 55.7 Å². The van der Waals surface area contributed by atoms with Gasteiger partial charge in [0, 0.05) is 49.9 Å². The number of amides is 2. The first-order chi connectivity index (χ1) is 11.5. The van der Waals surface area contributed by atoms with E-state index >= 15 is 0 Å². The van der Waals surface area contributed by atoms with Crippen LogP contribution in [0.5, 0.6) is 0 Å². The minimum absolute atomic E-state index is 0.130. The first kappa shape index (κ1) is 17.0. The van der Waals surface area contributed by atoms with Crippen molar-refractivity contribution in [3.63, 3.8) is 0 Å². The molecule has 0 N–H and O–H groups in total. The van der Waals surface area contributed by atoms with Crippen molar-refractivity contribution in [2.75, 3.05) is 26.2 Å². The SMILES string of the molecule is CC(C)N1CCC(N2CCCN(Cc3ccc[n+]([O-])c3)C2=O)CC1. The highest BCUT2D eigenvalue weighted by Crippen LogP contribution is 2.23. The maximum atomic E-state index is 12.9. The minimum atomic E-state index is 0.130. The molecule has 2 fully saturated rings. The Morgan fingerprint density at radius 1 is 1.25 bits per heavy atom. The lowest BCUT2D eigenvalue weighted by Crippen LogP contribution is -2.55. The Balaban J connectivity index is 1.61. The van der Waals surface area contributed by atoms with Crippen LogP contribution in [0.15, 0.2) is 24.5 Å². The normalized spacial score (nSPS) is 20.9. The molecule has 2 aliphatic heterocycles. The van der Waals surface area contributed by atoms with E-state index in [-0.39, 0.29) is 6.03 Å². The Bertz CT molecular complexity index is 570. The van der Waals surface area contributed by atoms with Crippen LogP contribution in [0.2, 0.25) is 0 Å².